The van der Waals surface area contributed by atoms with E-state index >= 15 is 0 Å². The molecule has 0 spiro atoms. The Kier molecular flexibility index (Phi) is 5.17. The summed E-state index contributed by atoms with van der Waals surface area (Å²) in [6.07, 6.45) is 5.84. The number of carbonyl (C=O) groups is 2. The maximum Gasteiger partial charge on any atom is 0.329 e. The van der Waals surface area contributed by atoms with Gasteiger partial charge in [0.25, 0.3) is 0 Å². The molecule has 1 N–H and O–H groups in total. The molecule has 0 bridgehead atoms. The van der Waals surface area contributed by atoms with Gasteiger partial charge in [0.05, 0.1) is 0 Å². The molecule has 1 aliphatic carbocycles. The van der Waals surface area contributed by atoms with Crippen molar-refractivity contribution in [3.05, 3.63) is 0 Å². The maximum absolute atomic E-state index is 11.7. The highest BCUT2D eigenvalue weighted by Crippen LogP contribution is 2.36. The number of hydrogen-bond donors (Lipinski definition) is 1. The normalized spacial score (nSPS) is 28.8. The van der Waals surface area contributed by atoms with Crippen LogP contribution in [-0.2, 0) is 9.59 Å². The zero-order chi connectivity index (χ0) is 13.8. The first-order valence-electron chi connectivity index (χ1n) is 6.95. The lowest BCUT2D eigenvalue weighted by atomic mass is 9.86. The smallest absolute Gasteiger partial charge is 0.329 e. The molecule has 18 heavy (non-hydrogen) atoms. The van der Waals surface area contributed by atoms with Crippen LogP contribution in [0.3, 0.4) is 0 Å². The predicted octanol–water partition coefficient (Wildman–Crippen LogP) is 2.67. The van der Waals surface area contributed by atoms with Crippen LogP contribution < -0.4 is 0 Å². The van der Waals surface area contributed by atoms with Crippen LogP contribution in [0.2, 0.25) is 0 Å². The minimum absolute atomic E-state index is 0.0724. The standard InChI is InChI=1S/C14H25NO3/c1-4-12-6-5-8-14(9-7-12,13(17)18)15(10-16)11(2)3/h10-12H,4-9H2,1-3H3,(H,17,18). The summed E-state index contributed by atoms with van der Waals surface area (Å²) in [5.74, 6) is -0.244. The van der Waals surface area contributed by atoms with Crippen LogP contribution in [0.5, 0.6) is 0 Å². The molecular weight excluding hydrogens is 230 g/mol. The number of hydrogen-bond acceptors (Lipinski definition) is 2. The number of carboxylic acids is 1. The first kappa shape index (κ1) is 15.0. The van der Waals surface area contributed by atoms with Crippen molar-refractivity contribution in [2.45, 2.75) is 70.9 Å². The monoisotopic (exact) mass is 255 g/mol. The van der Waals surface area contributed by atoms with Crippen LogP contribution in [0.25, 0.3) is 0 Å². The first-order chi connectivity index (χ1) is 8.47. The first-order valence-corrected chi connectivity index (χ1v) is 6.95. The van der Waals surface area contributed by atoms with Crippen LogP contribution >= 0.6 is 0 Å². The molecule has 1 rings (SSSR count). The largest absolute Gasteiger partial charge is 0.479 e. The second-order valence-electron chi connectivity index (χ2n) is 5.65. The molecule has 4 heteroatoms. The molecule has 1 amide bonds. The topological polar surface area (TPSA) is 57.6 Å². The van der Waals surface area contributed by atoms with Crippen molar-refractivity contribution in [3.8, 4) is 0 Å². The van der Waals surface area contributed by atoms with Gasteiger partial charge in [0.15, 0.2) is 0 Å². The van der Waals surface area contributed by atoms with Crippen LogP contribution in [-0.4, -0.2) is 34.0 Å². The summed E-state index contributed by atoms with van der Waals surface area (Å²) in [7, 11) is 0. The molecule has 4 nitrogen and oxygen atoms in total. The number of nitrogens with zero attached hydrogens (tertiary/aromatic N) is 1. The Bertz CT molecular complexity index is 303. The molecule has 0 radical (unpaired) electrons. The van der Waals surface area contributed by atoms with E-state index in [0.29, 0.717) is 25.2 Å². The summed E-state index contributed by atoms with van der Waals surface area (Å²) >= 11 is 0. The fourth-order valence-corrected chi connectivity index (χ4v) is 3.10. The minimum atomic E-state index is -0.986. The van der Waals surface area contributed by atoms with Gasteiger partial charge in [-0.15, -0.1) is 0 Å². The van der Waals surface area contributed by atoms with Crippen molar-refractivity contribution in [3.63, 3.8) is 0 Å². The lowest BCUT2D eigenvalue weighted by Crippen LogP contribution is -2.56. The third-order valence-corrected chi connectivity index (χ3v) is 4.31. The Morgan fingerprint density at radius 2 is 2.11 bits per heavy atom. The molecule has 0 heterocycles. The van der Waals surface area contributed by atoms with Gasteiger partial charge in [0, 0.05) is 6.04 Å². The third-order valence-electron chi connectivity index (χ3n) is 4.31. The summed E-state index contributed by atoms with van der Waals surface area (Å²) in [5, 5.41) is 9.62. The number of carboxylic acid groups (broad SMARTS) is 1. The van der Waals surface area contributed by atoms with Gasteiger partial charge in [0.1, 0.15) is 5.54 Å². The van der Waals surface area contributed by atoms with E-state index in [9.17, 15) is 14.7 Å². The van der Waals surface area contributed by atoms with Crippen molar-refractivity contribution in [1.82, 2.24) is 4.90 Å². The van der Waals surface area contributed by atoms with Crippen LogP contribution in [0, 0.1) is 5.92 Å². The van der Waals surface area contributed by atoms with Crippen LogP contribution in [0.1, 0.15) is 59.3 Å². The highest BCUT2D eigenvalue weighted by atomic mass is 16.4. The van der Waals surface area contributed by atoms with Gasteiger partial charge in [-0.05, 0) is 39.0 Å². The van der Waals surface area contributed by atoms with E-state index in [0.717, 1.165) is 25.7 Å². The molecule has 0 aromatic rings. The summed E-state index contributed by atoms with van der Waals surface area (Å²) in [6, 6.07) is -0.0724. The van der Waals surface area contributed by atoms with Gasteiger partial charge in [-0.2, -0.15) is 0 Å². The van der Waals surface area contributed by atoms with Crippen molar-refractivity contribution in [2.24, 2.45) is 5.92 Å². The quantitative estimate of drug-likeness (QED) is 0.607. The zero-order valence-corrected chi connectivity index (χ0v) is 11.7. The van der Waals surface area contributed by atoms with Crippen molar-refractivity contribution < 1.29 is 14.7 Å². The van der Waals surface area contributed by atoms with E-state index in [1.54, 1.807) is 0 Å². The molecule has 0 saturated heterocycles. The summed E-state index contributed by atoms with van der Waals surface area (Å²) in [6.45, 7) is 5.90. The van der Waals surface area contributed by atoms with E-state index in [1.165, 1.54) is 4.90 Å². The van der Waals surface area contributed by atoms with Crippen LogP contribution in [0.4, 0.5) is 0 Å². The molecular formula is C14H25NO3. The lowest BCUT2D eigenvalue weighted by molar-refractivity contribution is -0.158. The Balaban J connectivity index is 2.99. The molecule has 2 unspecified atom stereocenters. The molecule has 0 aromatic heterocycles. The molecule has 1 fully saturated rings. The molecule has 104 valence electrons. The summed E-state index contributed by atoms with van der Waals surface area (Å²) < 4.78 is 0. The van der Waals surface area contributed by atoms with Gasteiger partial charge in [-0.3, -0.25) is 4.79 Å². The minimum Gasteiger partial charge on any atom is -0.479 e. The Labute approximate surface area is 109 Å². The van der Waals surface area contributed by atoms with Gasteiger partial charge in [-0.25, -0.2) is 4.79 Å². The number of carbonyl (C=O) groups excluding carboxylic acids is 1. The molecule has 1 aliphatic rings. The van der Waals surface area contributed by atoms with Gasteiger partial charge < -0.3 is 10.0 Å². The van der Waals surface area contributed by atoms with Crippen molar-refractivity contribution >= 4 is 12.4 Å². The van der Waals surface area contributed by atoms with Crippen molar-refractivity contribution in [1.29, 1.82) is 0 Å². The van der Waals surface area contributed by atoms with E-state index in [4.69, 9.17) is 0 Å². The van der Waals surface area contributed by atoms with Gasteiger partial charge >= 0.3 is 5.97 Å². The Morgan fingerprint density at radius 3 is 2.56 bits per heavy atom. The average molecular weight is 255 g/mol. The Morgan fingerprint density at radius 1 is 1.44 bits per heavy atom. The number of rotatable bonds is 5. The second kappa shape index (κ2) is 6.21. The molecule has 2 atom stereocenters. The molecule has 0 aliphatic heterocycles. The highest BCUT2D eigenvalue weighted by Gasteiger charge is 2.45. The van der Waals surface area contributed by atoms with Crippen LogP contribution in [0.15, 0.2) is 0 Å². The van der Waals surface area contributed by atoms with E-state index in [1.807, 2.05) is 13.8 Å². The second-order valence-corrected chi connectivity index (χ2v) is 5.65. The van der Waals surface area contributed by atoms with Crippen molar-refractivity contribution in [2.75, 3.05) is 0 Å². The SMILES string of the molecule is CCC1CCCC(C(=O)O)(N(C=O)C(C)C)CC1. The lowest BCUT2D eigenvalue weighted by Gasteiger charge is -2.40. The highest BCUT2D eigenvalue weighted by molar-refractivity contribution is 5.81. The number of amides is 1. The number of aliphatic carboxylic acids is 1. The van der Waals surface area contributed by atoms with Gasteiger partial charge in [0.2, 0.25) is 6.41 Å². The summed E-state index contributed by atoms with van der Waals surface area (Å²) in [5.41, 5.74) is -0.986. The van der Waals surface area contributed by atoms with E-state index in [2.05, 4.69) is 6.92 Å². The fourth-order valence-electron chi connectivity index (χ4n) is 3.10. The van der Waals surface area contributed by atoms with E-state index in [-0.39, 0.29) is 6.04 Å². The predicted molar refractivity (Wildman–Crippen MR) is 70.3 cm³/mol. The fraction of sp³-hybridized carbons (Fsp3) is 0.857. The third kappa shape index (κ3) is 2.85. The zero-order valence-electron chi connectivity index (χ0n) is 11.7. The average Bonchev–Trinajstić information content (AvgIpc) is 2.53. The molecule has 1 saturated carbocycles. The Hall–Kier alpha value is -1.06. The maximum atomic E-state index is 11.7. The van der Waals surface area contributed by atoms with E-state index < -0.39 is 11.5 Å². The van der Waals surface area contributed by atoms with Gasteiger partial charge in [-0.1, -0.05) is 26.2 Å². The molecule has 0 aromatic carbocycles. The summed E-state index contributed by atoms with van der Waals surface area (Å²) in [4.78, 5) is 24.5.